The number of nitrogen functional groups attached to an aromatic ring is 1. The molecule has 0 aliphatic heterocycles. The molecule has 0 saturated heterocycles. The molecule has 4 rings (SSSR count). The summed E-state index contributed by atoms with van der Waals surface area (Å²) in [6.45, 7) is 0. The van der Waals surface area contributed by atoms with Gasteiger partial charge in [0.25, 0.3) is 0 Å². The Morgan fingerprint density at radius 3 is 2.41 bits per heavy atom. The zero-order chi connectivity index (χ0) is 22.7. The van der Waals surface area contributed by atoms with Crippen molar-refractivity contribution in [3.63, 3.8) is 0 Å². The Morgan fingerprint density at radius 1 is 0.969 bits per heavy atom. The molecule has 0 amide bonds. The third-order valence-corrected chi connectivity index (χ3v) is 6.30. The van der Waals surface area contributed by atoms with Crippen LogP contribution in [0.25, 0.3) is 11.2 Å². The molecule has 2 heterocycles. The van der Waals surface area contributed by atoms with Gasteiger partial charge in [0, 0.05) is 35.8 Å². The molecule has 0 saturated carbocycles. The highest BCUT2D eigenvalue weighted by atomic mass is 32.2. The number of pyridine rings is 1. The first-order valence-corrected chi connectivity index (χ1v) is 11.2. The summed E-state index contributed by atoms with van der Waals surface area (Å²) >= 11 is 0. The second-order valence-electron chi connectivity index (χ2n) is 6.92. The van der Waals surface area contributed by atoms with Crippen LogP contribution in [-0.2, 0) is 15.6 Å². The lowest BCUT2D eigenvalue weighted by Crippen LogP contribution is -2.11. The number of nitrogens with zero attached hydrogens (tertiary/aromatic N) is 3. The third-order valence-electron chi connectivity index (χ3n) is 4.67. The number of aromatic nitrogens is 3. The number of benzene rings is 2. The van der Waals surface area contributed by atoms with E-state index in [1.54, 1.807) is 62.9 Å². The van der Waals surface area contributed by atoms with Crippen molar-refractivity contribution < 1.29 is 17.9 Å². The highest BCUT2D eigenvalue weighted by Gasteiger charge is 2.21. The van der Waals surface area contributed by atoms with E-state index < -0.39 is 9.84 Å². The summed E-state index contributed by atoms with van der Waals surface area (Å²) in [6, 6.07) is 14.8. The minimum absolute atomic E-state index is 0.106. The fourth-order valence-electron chi connectivity index (χ4n) is 3.12. The van der Waals surface area contributed by atoms with E-state index >= 15 is 0 Å². The van der Waals surface area contributed by atoms with Crippen LogP contribution >= 0.6 is 0 Å². The van der Waals surface area contributed by atoms with E-state index in [4.69, 9.17) is 15.2 Å². The highest BCUT2D eigenvalue weighted by Crippen LogP contribution is 2.30. The van der Waals surface area contributed by atoms with Gasteiger partial charge in [0.05, 0.1) is 19.1 Å². The summed E-state index contributed by atoms with van der Waals surface area (Å²) in [4.78, 5) is 13.4. The van der Waals surface area contributed by atoms with Crippen LogP contribution in [0.4, 0.5) is 17.2 Å². The van der Waals surface area contributed by atoms with Gasteiger partial charge in [-0.15, -0.1) is 0 Å². The van der Waals surface area contributed by atoms with E-state index in [0.717, 1.165) is 0 Å². The van der Waals surface area contributed by atoms with E-state index in [1.165, 1.54) is 12.1 Å². The number of fused-ring (bicyclic) bond motifs is 1. The zero-order valence-corrected chi connectivity index (χ0v) is 18.3. The lowest BCUT2D eigenvalue weighted by molar-refractivity contribution is 0.395. The van der Waals surface area contributed by atoms with Crippen molar-refractivity contribution in [2.75, 3.05) is 25.3 Å². The van der Waals surface area contributed by atoms with Gasteiger partial charge in [-0.1, -0.05) is 6.07 Å². The number of methoxy groups -OCH3 is 2. The van der Waals surface area contributed by atoms with E-state index in [2.05, 4.69) is 20.3 Å². The fourth-order valence-corrected chi connectivity index (χ4v) is 4.45. The van der Waals surface area contributed by atoms with E-state index in [9.17, 15) is 8.42 Å². The number of hydrogen-bond acceptors (Lipinski definition) is 9. The molecule has 0 aliphatic rings. The molecule has 2 aromatic heterocycles. The van der Waals surface area contributed by atoms with Gasteiger partial charge < -0.3 is 20.5 Å². The standard InChI is InChI=1S/C22H21N5O4S/c1-30-16-10-15(11-17(12-16)31-2)25-22-20(27-21-19(26-22)7-4-8-24-21)13-32(28,29)18-6-3-5-14(23)9-18/h3-12H,13,23H2,1-2H3,(H,25,26). The maximum Gasteiger partial charge on any atom is 0.184 e. The number of anilines is 3. The van der Waals surface area contributed by atoms with Crippen LogP contribution in [0.5, 0.6) is 11.5 Å². The van der Waals surface area contributed by atoms with Crippen LogP contribution < -0.4 is 20.5 Å². The van der Waals surface area contributed by atoms with Crippen LogP contribution in [0.15, 0.2) is 65.7 Å². The minimum Gasteiger partial charge on any atom is -0.497 e. The molecule has 3 N–H and O–H groups in total. The van der Waals surface area contributed by atoms with Crippen LogP contribution in [-0.4, -0.2) is 37.6 Å². The van der Waals surface area contributed by atoms with Gasteiger partial charge in [0.2, 0.25) is 0 Å². The maximum atomic E-state index is 13.1. The molecule has 4 aromatic rings. The van der Waals surface area contributed by atoms with Crippen molar-refractivity contribution in [3.05, 3.63) is 66.5 Å². The summed E-state index contributed by atoms with van der Waals surface area (Å²) in [5.41, 5.74) is 7.82. The van der Waals surface area contributed by atoms with Crippen LogP contribution in [0, 0.1) is 0 Å². The number of sulfone groups is 1. The Hall–Kier alpha value is -3.92. The van der Waals surface area contributed by atoms with Crippen LogP contribution in [0.2, 0.25) is 0 Å². The molecule has 0 bridgehead atoms. The molecule has 10 heteroatoms. The first-order chi connectivity index (χ1) is 15.4. The molecular weight excluding hydrogens is 430 g/mol. The minimum atomic E-state index is -3.74. The van der Waals surface area contributed by atoms with Crippen LogP contribution in [0.3, 0.4) is 0 Å². The molecule has 0 unspecified atom stereocenters. The first kappa shape index (κ1) is 21.3. The highest BCUT2D eigenvalue weighted by molar-refractivity contribution is 7.90. The van der Waals surface area contributed by atoms with Crippen molar-refractivity contribution in [1.29, 1.82) is 0 Å². The van der Waals surface area contributed by atoms with Crippen LogP contribution in [0.1, 0.15) is 5.69 Å². The normalized spacial score (nSPS) is 11.3. The Balaban J connectivity index is 1.79. The smallest absolute Gasteiger partial charge is 0.184 e. The predicted octanol–water partition coefficient (Wildman–Crippen LogP) is 3.34. The lowest BCUT2D eigenvalue weighted by atomic mass is 10.2. The van der Waals surface area contributed by atoms with Gasteiger partial charge in [-0.05, 0) is 30.3 Å². The monoisotopic (exact) mass is 451 g/mol. The molecule has 9 nitrogen and oxygen atoms in total. The number of rotatable bonds is 7. The molecule has 2 aromatic carbocycles. The summed E-state index contributed by atoms with van der Waals surface area (Å²) in [6.07, 6.45) is 1.58. The summed E-state index contributed by atoms with van der Waals surface area (Å²) < 4.78 is 36.8. The molecule has 164 valence electrons. The van der Waals surface area contributed by atoms with Crippen molar-refractivity contribution in [2.24, 2.45) is 0 Å². The van der Waals surface area contributed by atoms with E-state index in [-0.39, 0.29) is 22.2 Å². The molecular formula is C22H21N5O4S. The Labute approximate surface area is 185 Å². The van der Waals surface area contributed by atoms with Gasteiger partial charge >= 0.3 is 0 Å². The second-order valence-corrected chi connectivity index (χ2v) is 8.91. The molecule has 32 heavy (non-hydrogen) atoms. The molecule has 0 aliphatic carbocycles. The zero-order valence-electron chi connectivity index (χ0n) is 17.4. The van der Waals surface area contributed by atoms with Gasteiger partial charge in [-0.25, -0.2) is 23.4 Å². The molecule has 0 fully saturated rings. The largest absolute Gasteiger partial charge is 0.497 e. The van der Waals surface area contributed by atoms with E-state index in [0.29, 0.717) is 34.0 Å². The fraction of sp³-hybridized carbons (Fsp3) is 0.136. The van der Waals surface area contributed by atoms with Gasteiger partial charge in [0.1, 0.15) is 28.5 Å². The van der Waals surface area contributed by atoms with Gasteiger partial charge in [-0.3, -0.25) is 0 Å². The van der Waals surface area contributed by atoms with Crippen molar-refractivity contribution in [3.8, 4) is 11.5 Å². The van der Waals surface area contributed by atoms with Crippen molar-refractivity contribution in [1.82, 2.24) is 15.0 Å². The molecule has 0 atom stereocenters. The second kappa shape index (κ2) is 8.67. The first-order valence-electron chi connectivity index (χ1n) is 9.58. The van der Waals surface area contributed by atoms with Crippen molar-refractivity contribution >= 4 is 38.2 Å². The molecule has 0 spiro atoms. The average molecular weight is 452 g/mol. The Bertz CT molecular complexity index is 1370. The van der Waals surface area contributed by atoms with Crippen molar-refractivity contribution in [2.45, 2.75) is 10.6 Å². The SMILES string of the molecule is COc1cc(Nc2nc3cccnc3nc2CS(=O)(=O)c2cccc(N)c2)cc(OC)c1. The number of nitrogens with one attached hydrogen (secondary N) is 1. The number of hydrogen-bond donors (Lipinski definition) is 2. The lowest BCUT2D eigenvalue weighted by Gasteiger charge is -2.14. The average Bonchev–Trinajstić information content (AvgIpc) is 2.79. The summed E-state index contributed by atoms with van der Waals surface area (Å²) in [5.74, 6) is 1.03. The summed E-state index contributed by atoms with van der Waals surface area (Å²) in [7, 11) is -0.654. The maximum absolute atomic E-state index is 13.1. The molecule has 0 radical (unpaired) electrons. The summed E-state index contributed by atoms with van der Waals surface area (Å²) in [5, 5.41) is 3.15. The van der Waals surface area contributed by atoms with Gasteiger partial charge in [0.15, 0.2) is 21.3 Å². The quantitative estimate of drug-likeness (QED) is 0.406. The van der Waals surface area contributed by atoms with Gasteiger partial charge in [-0.2, -0.15) is 0 Å². The van der Waals surface area contributed by atoms with E-state index in [1.807, 2.05) is 0 Å². The Kier molecular flexibility index (Phi) is 5.78. The number of nitrogens with two attached hydrogens (primary N) is 1. The Morgan fingerprint density at radius 2 is 1.72 bits per heavy atom. The number of ether oxygens (including phenoxy) is 2. The predicted molar refractivity (Wildman–Crippen MR) is 122 cm³/mol. The topological polar surface area (TPSA) is 129 Å². The third kappa shape index (κ3) is 4.54.